The van der Waals surface area contributed by atoms with E-state index >= 15 is 0 Å². The summed E-state index contributed by atoms with van der Waals surface area (Å²) in [6.07, 6.45) is -5.02. The van der Waals surface area contributed by atoms with Crippen LogP contribution in [0.25, 0.3) is 0 Å². The number of carbonyl (C=O) groups is 1. The van der Waals surface area contributed by atoms with Crippen molar-refractivity contribution >= 4 is 17.6 Å². The number of hydrogen-bond acceptors (Lipinski definition) is 3. The molecule has 0 aliphatic heterocycles. The predicted molar refractivity (Wildman–Crippen MR) is 61.5 cm³/mol. The third kappa shape index (κ3) is 3.86. The van der Waals surface area contributed by atoms with E-state index in [9.17, 15) is 18.0 Å². The minimum absolute atomic E-state index is 0.0773. The van der Waals surface area contributed by atoms with Gasteiger partial charge in [0.1, 0.15) is 6.07 Å². The molecule has 0 aliphatic carbocycles. The molecule has 0 atom stereocenters. The second-order valence-electron chi connectivity index (χ2n) is 3.59. The number of nitriles is 1. The highest BCUT2D eigenvalue weighted by molar-refractivity contribution is 6.32. The smallest absolute Gasteiger partial charge is 0.416 e. The monoisotopic (exact) mass is 291 g/mol. The van der Waals surface area contributed by atoms with E-state index < -0.39 is 24.1 Å². The molecule has 0 unspecified atom stereocenters. The predicted octanol–water partition coefficient (Wildman–Crippen LogP) is 3.34. The molecule has 0 radical (unpaired) electrons. The maximum Gasteiger partial charge on any atom is 0.416 e. The molecule has 0 fully saturated rings. The number of hydrogen-bond donors (Lipinski definition) is 0. The first-order valence-electron chi connectivity index (χ1n) is 5.25. The van der Waals surface area contributed by atoms with Gasteiger partial charge in [-0.05, 0) is 24.6 Å². The Balaban J connectivity index is 3.23. The van der Waals surface area contributed by atoms with Crippen molar-refractivity contribution in [2.75, 3.05) is 6.61 Å². The van der Waals surface area contributed by atoms with Gasteiger partial charge in [-0.3, -0.25) is 4.79 Å². The Labute approximate surface area is 112 Å². The van der Waals surface area contributed by atoms with Crippen LogP contribution in [-0.2, 0) is 22.1 Å². The summed E-state index contributed by atoms with van der Waals surface area (Å²) in [5.74, 6) is -0.701. The zero-order valence-electron chi connectivity index (χ0n) is 9.84. The van der Waals surface area contributed by atoms with Crippen LogP contribution in [0.15, 0.2) is 12.1 Å². The van der Waals surface area contributed by atoms with Gasteiger partial charge in [-0.1, -0.05) is 11.6 Å². The van der Waals surface area contributed by atoms with Crippen LogP contribution in [0, 0.1) is 11.3 Å². The Morgan fingerprint density at radius 1 is 1.47 bits per heavy atom. The zero-order valence-corrected chi connectivity index (χ0v) is 10.6. The summed E-state index contributed by atoms with van der Waals surface area (Å²) < 4.78 is 42.5. The molecule has 0 amide bonds. The molecular formula is C12H9ClF3NO2. The van der Waals surface area contributed by atoms with Gasteiger partial charge >= 0.3 is 12.1 Å². The number of ether oxygens (including phenoxy) is 1. The van der Waals surface area contributed by atoms with Crippen LogP contribution in [0.5, 0.6) is 0 Å². The SMILES string of the molecule is CCOC(=O)Cc1cc(C(F)(F)F)cc(C#N)c1Cl. The van der Waals surface area contributed by atoms with Crippen LogP contribution in [0.1, 0.15) is 23.6 Å². The summed E-state index contributed by atoms with van der Waals surface area (Å²) in [5, 5.41) is 8.59. The van der Waals surface area contributed by atoms with Gasteiger partial charge in [0.25, 0.3) is 0 Å². The normalized spacial score (nSPS) is 10.9. The van der Waals surface area contributed by atoms with Crippen LogP contribution in [-0.4, -0.2) is 12.6 Å². The van der Waals surface area contributed by atoms with E-state index in [4.69, 9.17) is 16.9 Å². The molecule has 102 valence electrons. The van der Waals surface area contributed by atoms with Gasteiger partial charge in [0, 0.05) is 0 Å². The summed E-state index contributed by atoms with van der Waals surface area (Å²) in [5.41, 5.74) is -1.42. The fourth-order valence-electron chi connectivity index (χ4n) is 1.43. The Bertz CT molecular complexity index is 535. The molecule has 7 heteroatoms. The lowest BCUT2D eigenvalue weighted by molar-refractivity contribution is -0.142. The van der Waals surface area contributed by atoms with E-state index in [1.54, 1.807) is 13.0 Å². The molecule has 1 rings (SSSR count). The lowest BCUT2D eigenvalue weighted by atomic mass is 10.0. The molecule has 0 bridgehead atoms. The zero-order chi connectivity index (χ0) is 14.6. The molecule has 0 aromatic heterocycles. The third-order valence-electron chi connectivity index (χ3n) is 2.24. The number of alkyl halides is 3. The molecule has 1 aromatic carbocycles. The third-order valence-corrected chi connectivity index (χ3v) is 2.68. The molecule has 1 aromatic rings. The van der Waals surface area contributed by atoms with E-state index in [1.807, 2.05) is 0 Å². The van der Waals surface area contributed by atoms with Gasteiger partial charge in [-0.2, -0.15) is 18.4 Å². The molecule has 0 aliphatic rings. The highest BCUT2D eigenvalue weighted by atomic mass is 35.5. The van der Waals surface area contributed by atoms with Crippen LogP contribution in [0.2, 0.25) is 5.02 Å². The first kappa shape index (κ1) is 15.3. The number of nitrogens with zero attached hydrogens (tertiary/aromatic N) is 1. The summed E-state index contributed by atoms with van der Waals surface area (Å²) in [4.78, 5) is 11.3. The van der Waals surface area contributed by atoms with Gasteiger partial charge < -0.3 is 4.74 Å². The molecule has 19 heavy (non-hydrogen) atoms. The number of benzene rings is 1. The molecule has 0 saturated heterocycles. The molecule has 0 N–H and O–H groups in total. The topological polar surface area (TPSA) is 50.1 Å². The van der Waals surface area contributed by atoms with Crippen LogP contribution >= 0.6 is 11.6 Å². The van der Waals surface area contributed by atoms with Gasteiger partial charge in [0.2, 0.25) is 0 Å². The Morgan fingerprint density at radius 3 is 2.58 bits per heavy atom. The van der Waals surface area contributed by atoms with Crippen molar-refractivity contribution in [3.63, 3.8) is 0 Å². The van der Waals surface area contributed by atoms with Gasteiger partial charge in [-0.15, -0.1) is 0 Å². The lowest BCUT2D eigenvalue weighted by Crippen LogP contribution is -2.11. The molecular weight excluding hydrogens is 283 g/mol. The minimum Gasteiger partial charge on any atom is -0.466 e. The lowest BCUT2D eigenvalue weighted by Gasteiger charge is -2.11. The maximum absolute atomic E-state index is 12.6. The minimum atomic E-state index is -4.61. The maximum atomic E-state index is 12.6. The summed E-state index contributed by atoms with van der Waals surface area (Å²) in [6.45, 7) is 1.69. The van der Waals surface area contributed by atoms with Crippen molar-refractivity contribution in [1.29, 1.82) is 5.26 Å². The van der Waals surface area contributed by atoms with Crippen molar-refractivity contribution < 1.29 is 22.7 Å². The van der Waals surface area contributed by atoms with Crippen LogP contribution in [0.4, 0.5) is 13.2 Å². The first-order valence-corrected chi connectivity index (χ1v) is 5.62. The van der Waals surface area contributed by atoms with Crippen LogP contribution < -0.4 is 0 Å². The average molecular weight is 292 g/mol. The van der Waals surface area contributed by atoms with Crippen molar-refractivity contribution in [2.24, 2.45) is 0 Å². The van der Waals surface area contributed by atoms with Crippen molar-refractivity contribution in [1.82, 2.24) is 0 Å². The highest BCUT2D eigenvalue weighted by Gasteiger charge is 2.32. The molecule has 3 nitrogen and oxygen atoms in total. The largest absolute Gasteiger partial charge is 0.466 e. The number of rotatable bonds is 3. The van der Waals surface area contributed by atoms with E-state index in [2.05, 4.69) is 4.74 Å². The van der Waals surface area contributed by atoms with Gasteiger partial charge in [0.05, 0.1) is 29.2 Å². The summed E-state index contributed by atoms with van der Waals surface area (Å²) >= 11 is 5.78. The van der Waals surface area contributed by atoms with Crippen molar-refractivity contribution in [3.8, 4) is 6.07 Å². The van der Waals surface area contributed by atoms with Crippen molar-refractivity contribution in [2.45, 2.75) is 19.5 Å². The van der Waals surface area contributed by atoms with Crippen molar-refractivity contribution in [3.05, 3.63) is 33.8 Å². The van der Waals surface area contributed by atoms with E-state index in [0.717, 1.165) is 6.07 Å². The van der Waals surface area contributed by atoms with E-state index in [1.165, 1.54) is 0 Å². The van der Waals surface area contributed by atoms with E-state index in [0.29, 0.717) is 6.07 Å². The fourth-order valence-corrected chi connectivity index (χ4v) is 1.64. The quantitative estimate of drug-likeness (QED) is 0.803. The second-order valence-corrected chi connectivity index (χ2v) is 3.97. The summed E-state index contributed by atoms with van der Waals surface area (Å²) in [7, 11) is 0. The number of carbonyl (C=O) groups excluding carboxylic acids is 1. The summed E-state index contributed by atoms with van der Waals surface area (Å²) in [6, 6.07) is 2.97. The van der Waals surface area contributed by atoms with Gasteiger partial charge in [0.15, 0.2) is 0 Å². The molecule has 0 spiro atoms. The van der Waals surface area contributed by atoms with Crippen LogP contribution in [0.3, 0.4) is 0 Å². The average Bonchev–Trinajstić information content (AvgIpc) is 2.30. The highest BCUT2D eigenvalue weighted by Crippen LogP contribution is 2.34. The molecule has 0 saturated carbocycles. The molecule has 0 heterocycles. The Morgan fingerprint density at radius 2 is 2.11 bits per heavy atom. The Kier molecular flexibility index (Phi) is 4.78. The number of halogens is 4. The standard InChI is InChI=1S/C12H9ClF3NO2/c1-2-19-10(18)5-7-3-9(12(14,15)16)4-8(6-17)11(7)13/h3-4H,2,5H2,1H3. The first-order chi connectivity index (χ1) is 8.79. The second kappa shape index (κ2) is 5.93. The van der Waals surface area contributed by atoms with Gasteiger partial charge in [-0.25, -0.2) is 0 Å². The fraction of sp³-hybridized carbons (Fsp3) is 0.333. The number of esters is 1. The Hall–Kier alpha value is -1.74. The van der Waals surface area contributed by atoms with E-state index in [-0.39, 0.29) is 22.8 Å².